The number of rotatable bonds is 5. The topological polar surface area (TPSA) is 38.7 Å². The largest absolute Gasteiger partial charge is 0.208 e. The van der Waals surface area contributed by atoms with Crippen LogP contribution in [0, 0.1) is 0 Å². The lowest BCUT2D eigenvalue weighted by molar-refractivity contribution is 1.07. The van der Waals surface area contributed by atoms with Crippen molar-refractivity contribution in [2.24, 2.45) is 0 Å². The molecule has 0 N–H and O–H groups in total. The van der Waals surface area contributed by atoms with Crippen LogP contribution in [0.5, 0.6) is 0 Å². The normalized spacial score (nSPS) is 11.8. The van der Waals surface area contributed by atoms with Crippen LogP contribution < -0.4 is 0 Å². The van der Waals surface area contributed by atoms with E-state index in [0.29, 0.717) is 17.5 Å². The van der Waals surface area contributed by atoms with Crippen LogP contribution in [-0.4, -0.2) is 15.0 Å². The van der Waals surface area contributed by atoms with Crippen molar-refractivity contribution in [1.82, 2.24) is 15.0 Å². The molecule has 58 heavy (non-hydrogen) atoms. The van der Waals surface area contributed by atoms with Gasteiger partial charge in [-0.05, 0) is 99.0 Å². The van der Waals surface area contributed by atoms with Crippen molar-refractivity contribution in [1.29, 1.82) is 0 Å². The third-order valence-electron chi connectivity index (χ3n) is 11.8. The van der Waals surface area contributed by atoms with Gasteiger partial charge in [-0.25, -0.2) is 15.0 Å². The van der Waals surface area contributed by atoms with Crippen molar-refractivity contribution in [3.63, 3.8) is 0 Å². The van der Waals surface area contributed by atoms with E-state index in [2.05, 4.69) is 176 Å². The number of aromatic nitrogens is 3. The van der Waals surface area contributed by atoms with E-state index in [1.165, 1.54) is 64.6 Å². The van der Waals surface area contributed by atoms with E-state index >= 15 is 0 Å². The molecule has 12 rings (SSSR count). The van der Waals surface area contributed by atoms with Gasteiger partial charge in [0.15, 0.2) is 17.5 Å². The van der Waals surface area contributed by atoms with E-state index in [9.17, 15) is 0 Å². The predicted octanol–water partition coefficient (Wildman–Crippen LogP) is 14.6. The molecule has 3 heteroatoms. The first-order valence-corrected chi connectivity index (χ1v) is 19.8. The second-order valence-electron chi connectivity index (χ2n) is 15.1. The molecule has 0 amide bonds. The summed E-state index contributed by atoms with van der Waals surface area (Å²) in [5.41, 5.74) is 7.21. The maximum atomic E-state index is 5.31. The Kier molecular flexibility index (Phi) is 7.23. The number of hydrogen-bond acceptors (Lipinski definition) is 3. The molecule has 0 aliphatic carbocycles. The summed E-state index contributed by atoms with van der Waals surface area (Å²) in [4.78, 5) is 15.7. The summed E-state index contributed by atoms with van der Waals surface area (Å²) in [6, 6.07) is 71.7. The molecule has 0 saturated carbocycles. The van der Waals surface area contributed by atoms with Crippen molar-refractivity contribution < 1.29 is 0 Å². The van der Waals surface area contributed by atoms with Crippen LogP contribution in [0.15, 0.2) is 200 Å². The van der Waals surface area contributed by atoms with Gasteiger partial charge in [-0.1, -0.05) is 188 Å². The fourth-order valence-corrected chi connectivity index (χ4v) is 9.25. The molecule has 0 bridgehead atoms. The van der Waals surface area contributed by atoms with Gasteiger partial charge in [0.05, 0.1) is 0 Å². The highest BCUT2D eigenvalue weighted by Crippen LogP contribution is 2.45. The fraction of sp³-hybridized carbons (Fsp3) is 0. The lowest BCUT2D eigenvalue weighted by Gasteiger charge is -2.18. The Bertz CT molecular complexity index is 3550. The first kappa shape index (κ1) is 32.5. The fourth-order valence-electron chi connectivity index (χ4n) is 9.25. The zero-order valence-corrected chi connectivity index (χ0v) is 31.4. The first-order chi connectivity index (χ1) is 28.8. The molecule has 0 saturated heterocycles. The van der Waals surface area contributed by atoms with Crippen molar-refractivity contribution in [3.8, 4) is 56.4 Å². The van der Waals surface area contributed by atoms with Gasteiger partial charge in [0.25, 0.3) is 0 Å². The maximum Gasteiger partial charge on any atom is 0.164 e. The Hall–Kier alpha value is -7.75. The SMILES string of the molecule is c1ccc(-c2nc(-c3ccccc3-c3ccccc3)nc(-c3ccccc3-c3cc4ccc5cccc6c7cccc8ccc9cccc(c(c3)c4c56)c9c87)n2)cc1. The summed E-state index contributed by atoms with van der Waals surface area (Å²) < 4.78 is 0. The third kappa shape index (κ3) is 5.04. The highest BCUT2D eigenvalue weighted by Gasteiger charge is 2.20. The molecule has 268 valence electrons. The van der Waals surface area contributed by atoms with Crippen LogP contribution in [0.4, 0.5) is 0 Å². The summed E-state index contributed by atoms with van der Waals surface area (Å²) in [5, 5.41) is 15.1. The monoisotopic (exact) mass is 735 g/mol. The second kappa shape index (κ2) is 12.9. The minimum absolute atomic E-state index is 0.631. The van der Waals surface area contributed by atoms with Crippen LogP contribution in [0.3, 0.4) is 0 Å². The second-order valence-corrected chi connectivity index (χ2v) is 15.1. The maximum absolute atomic E-state index is 5.31. The lowest BCUT2D eigenvalue weighted by atomic mass is 9.86. The van der Waals surface area contributed by atoms with E-state index in [1.807, 2.05) is 24.3 Å². The van der Waals surface area contributed by atoms with Crippen LogP contribution in [0.2, 0.25) is 0 Å². The Labute approximate surface area is 334 Å². The standard InChI is InChI=1S/C55H33N3/c1-3-14-34(15-4-1)41-21-7-9-23-46(41)54-56-53(38-16-5-2-6-17-38)57-55(58-54)47-24-10-8-22-42(47)40-32-39-31-30-37-19-12-26-44-43-25-11-18-35-28-29-36-20-13-27-45(51(36)49(35)43)48(33-40)52(39)50(37)44/h1-33H. The average molecular weight is 736 g/mol. The molecule has 3 nitrogen and oxygen atoms in total. The molecule has 0 aliphatic rings. The van der Waals surface area contributed by atoms with Crippen LogP contribution in [-0.2, 0) is 0 Å². The number of benzene rings is 10. The first-order valence-electron chi connectivity index (χ1n) is 19.8. The van der Waals surface area contributed by atoms with Gasteiger partial charge < -0.3 is 0 Å². The molecule has 0 unspecified atom stereocenters. The molecule has 0 atom stereocenters. The summed E-state index contributed by atoms with van der Waals surface area (Å²) in [6.45, 7) is 0. The van der Waals surface area contributed by atoms with Crippen molar-refractivity contribution >= 4 is 64.6 Å². The molecule has 1 aromatic heterocycles. The molecular formula is C55H33N3. The van der Waals surface area contributed by atoms with Gasteiger partial charge >= 0.3 is 0 Å². The van der Waals surface area contributed by atoms with Gasteiger partial charge in [-0.3, -0.25) is 0 Å². The van der Waals surface area contributed by atoms with Gasteiger partial charge in [0, 0.05) is 16.7 Å². The van der Waals surface area contributed by atoms with Crippen molar-refractivity contribution in [3.05, 3.63) is 200 Å². The van der Waals surface area contributed by atoms with Crippen LogP contribution >= 0.6 is 0 Å². The van der Waals surface area contributed by atoms with Crippen molar-refractivity contribution in [2.75, 3.05) is 0 Å². The van der Waals surface area contributed by atoms with Gasteiger partial charge in [-0.2, -0.15) is 0 Å². The van der Waals surface area contributed by atoms with E-state index in [1.54, 1.807) is 0 Å². The molecule has 0 aliphatic heterocycles. The predicted molar refractivity (Wildman–Crippen MR) is 243 cm³/mol. The Morgan fingerprint density at radius 1 is 0.224 bits per heavy atom. The van der Waals surface area contributed by atoms with Gasteiger partial charge in [-0.15, -0.1) is 0 Å². The zero-order valence-electron chi connectivity index (χ0n) is 31.4. The van der Waals surface area contributed by atoms with Crippen LogP contribution in [0.25, 0.3) is 121 Å². The minimum atomic E-state index is 0.631. The highest BCUT2D eigenvalue weighted by atomic mass is 15.0. The lowest BCUT2D eigenvalue weighted by Crippen LogP contribution is -2.02. The molecule has 11 aromatic carbocycles. The summed E-state index contributed by atoms with van der Waals surface area (Å²) >= 11 is 0. The van der Waals surface area contributed by atoms with Crippen LogP contribution in [0.1, 0.15) is 0 Å². The quantitative estimate of drug-likeness (QED) is 0.165. The minimum Gasteiger partial charge on any atom is -0.208 e. The Morgan fingerprint density at radius 2 is 0.621 bits per heavy atom. The average Bonchev–Trinajstić information content (AvgIpc) is 3.30. The molecule has 1 heterocycles. The molecule has 0 radical (unpaired) electrons. The number of hydrogen-bond donors (Lipinski definition) is 0. The molecular weight excluding hydrogens is 703 g/mol. The molecule has 0 fully saturated rings. The molecule has 0 spiro atoms. The zero-order chi connectivity index (χ0) is 38.2. The van der Waals surface area contributed by atoms with E-state index in [-0.39, 0.29) is 0 Å². The number of nitrogens with zero attached hydrogens (tertiary/aromatic N) is 3. The number of fused-ring (bicyclic) bond motifs is 2. The van der Waals surface area contributed by atoms with E-state index in [4.69, 9.17) is 15.0 Å². The van der Waals surface area contributed by atoms with Gasteiger partial charge in [0.1, 0.15) is 0 Å². The smallest absolute Gasteiger partial charge is 0.164 e. The Balaban J connectivity index is 1.16. The van der Waals surface area contributed by atoms with E-state index in [0.717, 1.165) is 38.9 Å². The summed E-state index contributed by atoms with van der Waals surface area (Å²) in [7, 11) is 0. The third-order valence-corrected chi connectivity index (χ3v) is 11.8. The van der Waals surface area contributed by atoms with E-state index < -0.39 is 0 Å². The molecule has 12 aromatic rings. The van der Waals surface area contributed by atoms with Gasteiger partial charge in [0.2, 0.25) is 0 Å². The Morgan fingerprint density at radius 3 is 1.16 bits per heavy atom. The highest BCUT2D eigenvalue weighted by molar-refractivity contribution is 6.37. The summed E-state index contributed by atoms with van der Waals surface area (Å²) in [5.74, 6) is 1.90. The summed E-state index contributed by atoms with van der Waals surface area (Å²) in [6.07, 6.45) is 0. The van der Waals surface area contributed by atoms with Crippen molar-refractivity contribution in [2.45, 2.75) is 0 Å².